The maximum atomic E-state index is 12.0. The molecule has 0 bridgehead atoms. The summed E-state index contributed by atoms with van der Waals surface area (Å²) in [6.07, 6.45) is 5.22. The highest BCUT2D eigenvalue weighted by Crippen LogP contribution is 2.17. The first-order valence-corrected chi connectivity index (χ1v) is 9.82. The highest BCUT2D eigenvalue weighted by Gasteiger charge is 2.18. The van der Waals surface area contributed by atoms with Crippen LogP contribution < -0.4 is 16.0 Å². The van der Waals surface area contributed by atoms with Crippen LogP contribution in [0.25, 0.3) is 0 Å². The number of guanidine groups is 1. The Kier molecular flexibility index (Phi) is 9.04. The Balaban J connectivity index is 1.68. The summed E-state index contributed by atoms with van der Waals surface area (Å²) in [7, 11) is 0. The van der Waals surface area contributed by atoms with E-state index in [2.05, 4.69) is 39.7 Å². The van der Waals surface area contributed by atoms with Gasteiger partial charge < -0.3 is 20.7 Å². The molecule has 3 N–H and O–H groups in total. The SMILES string of the molecule is CCNC(=NCC(C)N1CCOCC1)NCCC(=O)NC1CCCC1. The van der Waals surface area contributed by atoms with E-state index in [1.807, 2.05) is 0 Å². The number of nitrogens with one attached hydrogen (secondary N) is 3. The number of carbonyl (C=O) groups excluding carboxylic acids is 1. The average molecular weight is 354 g/mol. The molecule has 2 aliphatic rings. The van der Waals surface area contributed by atoms with E-state index in [9.17, 15) is 4.79 Å². The van der Waals surface area contributed by atoms with Gasteiger partial charge in [0.05, 0.1) is 19.8 Å². The van der Waals surface area contributed by atoms with E-state index in [1.165, 1.54) is 12.8 Å². The Bertz CT molecular complexity index is 418. The summed E-state index contributed by atoms with van der Waals surface area (Å²) in [4.78, 5) is 19.1. The number of amides is 1. The normalized spacial score (nSPS) is 21.1. The molecule has 0 aromatic rings. The summed E-state index contributed by atoms with van der Waals surface area (Å²) in [5, 5.41) is 9.64. The van der Waals surface area contributed by atoms with Crippen molar-refractivity contribution in [1.29, 1.82) is 0 Å². The molecule has 1 saturated carbocycles. The first-order valence-electron chi connectivity index (χ1n) is 9.82. The molecule has 2 fully saturated rings. The second-order valence-corrected chi connectivity index (χ2v) is 6.94. The lowest BCUT2D eigenvalue weighted by Gasteiger charge is -2.31. The zero-order chi connectivity index (χ0) is 17.9. The van der Waals surface area contributed by atoms with Crippen LogP contribution in [-0.2, 0) is 9.53 Å². The van der Waals surface area contributed by atoms with Gasteiger partial charge in [-0.25, -0.2) is 0 Å². The van der Waals surface area contributed by atoms with Gasteiger partial charge in [0, 0.05) is 44.7 Å². The molecule has 0 aromatic heterocycles. The molecular formula is C18H35N5O2. The number of carbonyl (C=O) groups is 1. The van der Waals surface area contributed by atoms with Crippen LogP contribution in [0.1, 0.15) is 46.0 Å². The summed E-state index contributed by atoms with van der Waals surface area (Å²) in [6.45, 7) is 9.98. The number of hydrogen-bond donors (Lipinski definition) is 3. The van der Waals surface area contributed by atoms with Crippen molar-refractivity contribution in [2.24, 2.45) is 4.99 Å². The first kappa shape index (κ1) is 20.0. The van der Waals surface area contributed by atoms with Crippen molar-refractivity contribution in [3.8, 4) is 0 Å². The van der Waals surface area contributed by atoms with Crippen LogP contribution in [0.2, 0.25) is 0 Å². The van der Waals surface area contributed by atoms with Crippen LogP contribution in [0.4, 0.5) is 0 Å². The molecule has 1 unspecified atom stereocenters. The second kappa shape index (κ2) is 11.3. The number of aliphatic imine (C=N–C) groups is 1. The zero-order valence-electron chi connectivity index (χ0n) is 15.9. The molecule has 1 saturated heterocycles. The monoisotopic (exact) mass is 353 g/mol. The molecule has 144 valence electrons. The van der Waals surface area contributed by atoms with E-state index < -0.39 is 0 Å². The quantitative estimate of drug-likeness (QED) is 0.443. The third-order valence-electron chi connectivity index (χ3n) is 4.89. The predicted octanol–water partition coefficient (Wildman–Crippen LogP) is 0.711. The molecule has 7 nitrogen and oxygen atoms in total. The van der Waals surface area contributed by atoms with Gasteiger partial charge in [0.2, 0.25) is 5.91 Å². The van der Waals surface area contributed by atoms with Gasteiger partial charge >= 0.3 is 0 Å². The minimum Gasteiger partial charge on any atom is -0.379 e. The second-order valence-electron chi connectivity index (χ2n) is 6.94. The molecule has 1 aliphatic carbocycles. The molecule has 2 rings (SSSR count). The van der Waals surface area contributed by atoms with Crippen molar-refractivity contribution in [3.63, 3.8) is 0 Å². The van der Waals surface area contributed by atoms with Crippen LogP contribution in [0.3, 0.4) is 0 Å². The summed E-state index contributed by atoms with van der Waals surface area (Å²) in [5.41, 5.74) is 0. The van der Waals surface area contributed by atoms with Gasteiger partial charge in [0.25, 0.3) is 0 Å². The van der Waals surface area contributed by atoms with Crippen LogP contribution in [0.15, 0.2) is 4.99 Å². The topological polar surface area (TPSA) is 78.0 Å². The Morgan fingerprint density at radius 1 is 1.24 bits per heavy atom. The summed E-state index contributed by atoms with van der Waals surface area (Å²) < 4.78 is 5.40. The molecule has 1 atom stereocenters. The molecule has 7 heteroatoms. The van der Waals surface area contributed by atoms with Crippen LogP contribution >= 0.6 is 0 Å². The molecule has 1 heterocycles. The van der Waals surface area contributed by atoms with Crippen LogP contribution in [0, 0.1) is 0 Å². The Morgan fingerprint density at radius 2 is 1.96 bits per heavy atom. The maximum Gasteiger partial charge on any atom is 0.221 e. The van der Waals surface area contributed by atoms with Gasteiger partial charge in [-0.3, -0.25) is 14.7 Å². The minimum atomic E-state index is 0.136. The number of rotatable bonds is 8. The van der Waals surface area contributed by atoms with E-state index in [1.54, 1.807) is 0 Å². The third kappa shape index (κ3) is 7.61. The molecule has 0 radical (unpaired) electrons. The van der Waals surface area contributed by atoms with Crippen molar-refractivity contribution >= 4 is 11.9 Å². The maximum absolute atomic E-state index is 12.0. The molecule has 0 aromatic carbocycles. The van der Waals surface area contributed by atoms with Crippen LogP contribution in [0.5, 0.6) is 0 Å². The zero-order valence-corrected chi connectivity index (χ0v) is 15.9. The van der Waals surface area contributed by atoms with Crippen molar-refractivity contribution in [3.05, 3.63) is 0 Å². The molecular weight excluding hydrogens is 318 g/mol. The van der Waals surface area contributed by atoms with Crippen molar-refractivity contribution in [1.82, 2.24) is 20.9 Å². The van der Waals surface area contributed by atoms with Gasteiger partial charge in [-0.05, 0) is 26.7 Å². The number of nitrogens with zero attached hydrogens (tertiary/aromatic N) is 2. The number of morpholine rings is 1. The molecule has 1 aliphatic heterocycles. The average Bonchev–Trinajstić information content (AvgIpc) is 3.13. The Hall–Kier alpha value is -1.34. The molecule has 0 spiro atoms. The minimum absolute atomic E-state index is 0.136. The lowest BCUT2D eigenvalue weighted by atomic mass is 10.2. The van der Waals surface area contributed by atoms with Gasteiger partial charge in [-0.2, -0.15) is 0 Å². The predicted molar refractivity (Wildman–Crippen MR) is 101 cm³/mol. The molecule has 25 heavy (non-hydrogen) atoms. The number of ether oxygens (including phenoxy) is 1. The van der Waals surface area contributed by atoms with Crippen LogP contribution in [-0.4, -0.2) is 74.8 Å². The van der Waals surface area contributed by atoms with Crippen molar-refractivity contribution in [2.75, 3.05) is 45.9 Å². The highest BCUT2D eigenvalue weighted by atomic mass is 16.5. The lowest BCUT2D eigenvalue weighted by Crippen LogP contribution is -2.45. The van der Waals surface area contributed by atoms with Gasteiger partial charge in [0.1, 0.15) is 0 Å². The standard InChI is InChI=1S/C18H35N5O2/c1-3-19-18(21-14-15(2)23-10-12-25-13-11-23)20-9-8-17(24)22-16-6-4-5-7-16/h15-16H,3-14H2,1-2H3,(H,22,24)(H2,19,20,21). The fraction of sp³-hybridized carbons (Fsp3) is 0.889. The summed E-state index contributed by atoms with van der Waals surface area (Å²) in [6, 6.07) is 0.786. The smallest absolute Gasteiger partial charge is 0.221 e. The van der Waals surface area contributed by atoms with E-state index in [0.717, 1.165) is 58.2 Å². The highest BCUT2D eigenvalue weighted by molar-refractivity contribution is 5.81. The van der Waals surface area contributed by atoms with E-state index in [0.29, 0.717) is 25.0 Å². The fourth-order valence-corrected chi connectivity index (χ4v) is 3.36. The summed E-state index contributed by atoms with van der Waals surface area (Å²) in [5.74, 6) is 0.924. The van der Waals surface area contributed by atoms with Gasteiger partial charge in [0.15, 0.2) is 5.96 Å². The molecule has 1 amide bonds. The fourth-order valence-electron chi connectivity index (χ4n) is 3.36. The Labute approximate surface area is 152 Å². The van der Waals surface area contributed by atoms with Gasteiger partial charge in [-0.15, -0.1) is 0 Å². The largest absolute Gasteiger partial charge is 0.379 e. The first-order chi connectivity index (χ1) is 12.2. The lowest BCUT2D eigenvalue weighted by molar-refractivity contribution is -0.121. The van der Waals surface area contributed by atoms with E-state index >= 15 is 0 Å². The third-order valence-corrected chi connectivity index (χ3v) is 4.89. The summed E-state index contributed by atoms with van der Waals surface area (Å²) >= 11 is 0. The van der Waals surface area contributed by atoms with Crippen molar-refractivity contribution < 1.29 is 9.53 Å². The van der Waals surface area contributed by atoms with Gasteiger partial charge in [-0.1, -0.05) is 12.8 Å². The Morgan fingerprint density at radius 3 is 2.64 bits per heavy atom. The van der Waals surface area contributed by atoms with E-state index in [4.69, 9.17) is 4.74 Å². The number of hydrogen-bond acceptors (Lipinski definition) is 4. The van der Waals surface area contributed by atoms with Crippen molar-refractivity contribution in [2.45, 2.75) is 58.0 Å². The van der Waals surface area contributed by atoms with E-state index in [-0.39, 0.29) is 5.91 Å².